The summed E-state index contributed by atoms with van der Waals surface area (Å²) in [5, 5.41) is 3.56. The van der Waals surface area contributed by atoms with Crippen LogP contribution in [0.5, 0.6) is 0 Å². The molecule has 3 fully saturated rings. The van der Waals surface area contributed by atoms with Crippen molar-refractivity contribution in [3.05, 3.63) is 0 Å². The van der Waals surface area contributed by atoms with Gasteiger partial charge in [0.2, 0.25) is 0 Å². The minimum Gasteiger partial charge on any atom is -0.381 e. The Labute approximate surface area is 123 Å². The van der Waals surface area contributed by atoms with Gasteiger partial charge in [0, 0.05) is 18.6 Å². The molecule has 1 saturated carbocycles. The van der Waals surface area contributed by atoms with E-state index >= 15 is 0 Å². The zero-order valence-corrected chi connectivity index (χ0v) is 13.1. The summed E-state index contributed by atoms with van der Waals surface area (Å²) in [5.74, 6) is 0. The molecule has 20 heavy (non-hydrogen) atoms. The first kappa shape index (κ1) is 14.8. The maximum atomic E-state index is 6.53. The first-order valence-electron chi connectivity index (χ1n) is 8.72. The molecule has 0 amide bonds. The molecule has 3 aliphatic rings. The molecule has 2 aliphatic heterocycles. The SMILES string of the molecule is CCNCC1(CC2CCC3(CCCC3)O2)CCCOC1. The first-order valence-corrected chi connectivity index (χ1v) is 8.72. The van der Waals surface area contributed by atoms with Crippen molar-refractivity contribution in [1.82, 2.24) is 5.32 Å². The molecule has 2 saturated heterocycles. The molecule has 0 aromatic rings. The predicted molar refractivity (Wildman–Crippen MR) is 81.0 cm³/mol. The maximum Gasteiger partial charge on any atom is 0.0687 e. The topological polar surface area (TPSA) is 30.5 Å². The Morgan fingerprint density at radius 3 is 2.65 bits per heavy atom. The van der Waals surface area contributed by atoms with E-state index < -0.39 is 0 Å². The van der Waals surface area contributed by atoms with Gasteiger partial charge in [0.05, 0.1) is 18.3 Å². The van der Waals surface area contributed by atoms with Crippen molar-refractivity contribution in [2.24, 2.45) is 5.41 Å². The van der Waals surface area contributed by atoms with E-state index in [1.54, 1.807) is 0 Å². The Morgan fingerprint density at radius 1 is 1.10 bits per heavy atom. The largest absolute Gasteiger partial charge is 0.381 e. The number of ether oxygens (including phenoxy) is 2. The molecule has 3 heteroatoms. The van der Waals surface area contributed by atoms with Gasteiger partial charge < -0.3 is 14.8 Å². The molecule has 116 valence electrons. The maximum absolute atomic E-state index is 6.53. The number of hydrogen-bond donors (Lipinski definition) is 1. The van der Waals surface area contributed by atoms with Crippen LogP contribution in [0.15, 0.2) is 0 Å². The van der Waals surface area contributed by atoms with Crippen LogP contribution in [0.3, 0.4) is 0 Å². The smallest absolute Gasteiger partial charge is 0.0687 e. The van der Waals surface area contributed by atoms with Crippen LogP contribution >= 0.6 is 0 Å². The zero-order valence-electron chi connectivity index (χ0n) is 13.1. The molecule has 0 aromatic carbocycles. The second-order valence-corrected chi connectivity index (χ2v) is 7.31. The van der Waals surface area contributed by atoms with Crippen LogP contribution in [-0.4, -0.2) is 38.0 Å². The second-order valence-electron chi connectivity index (χ2n) is 7.31. The second kappa shape index (κ2) is 6.33. The summed E-state index contributed by atoms with van der Waals surface area (Å²) in [6.07, 6.45) is 12.1. The van der Waals surface area contributed by atoms with E-state index in [-0.39, 0.29) is 5.60 Å². The van der Waals surface area contributed by atoms with Crippen LogP contribution in [0.1, 0.15) is 64.7 Å². The van der Waals surface area contributed by atoms with Crippen LogP contribution < -0.4 is 5.32 Å². The van der Waals surface area contributed by atoms with E-state index in [0.717, 1.165) is 26.3 Å². The predicted octanol–water partition coefficient (Wildman–Crippen LogP) is 3.27. The fraction of sp³-hybridized carbons (Fsp3) is 1.00. The van der Waals surface area contributed by atoms with Gasteiger partial charge in [-0.3, -0.25) is 0 Å². The molecular weight excluding hydrogens is 250 g/mol. The molecule has 0 aromatic heterocycles. The fourth-order valence-electron chi connectivity index (χ4n) is 4.58. The lowest BCUT2D eigenvalue weighted by Gasteiger charge is -2.39. The highest BCUT2D eigenvalue weighted by Gasteiger charge is 2.45. The van der Waals surface area contributed by atoms with Crippen molar-refractivity contribution in [3.8, 4) is 0 Å². The van der Waals surface area contributed by atoms with Crippen LogP contribution in [-0.2, 0) is 9.47 Å². The summed E-state index contributed by atoms with van der Waals surface area (Å²) in [4.78, 5) is 0. The highest BCUT2D eigenvalue weighted by molar-refractivity contribution is 4.96. The Morgan fingerprint density at radius 2 is 1.95 bits per heavy atom. The van der Waals surface area contributed by atoms with Crippen molar-refractivity contribution in [2.75, 3.05) is 26.3 Å². The normalized spacial score (nSPS) is 36.8. The molecule has 3 nitrogen and oxygen atoms in total. The average molecular weight is 281 g/mol. The van der Waals surface area contributed by atoms with Gasteiger partial charge in [-0.2, -0.15) is 0 Å². The molecule has 0 bridgehead atoms. The first-order chi connectivity index (χ1) is 9.76. The van der Waals surface area contributed by atoms with Crippen LogP contribution in [0.4, 0.5) is 0 Å². The lowest BCUT2D eigenvalue weighted by atomic mass is 9.77. The van der Waals surface area contributed by atoms with Crippen molar-refractivity contribution in [3.63, 3.8) is 0 Å². The van der Waals surface area contributed by atoms with Crippen molar-refractivity contribution in [1.29, 1.82) is 0 Å². The van der Waals surface area contributed by atoms with Crippen molar-refractivity contribution < 1.29 is 9.47 Å². The molecule has 2 unspecified atom stereocenters. The Bertz CT molecular complexity index is 306. The highest BCUT2D eigenvalue weighted by Crippen LogP contribution is 2.46. The van der Waals surface area contributed by atoms with Gasteiger partial charge in [0.1, 0.15) is 0 Å². The Balaban J connectivity index is 1.58. The third kappa shape index (κ3) is 3.20. The third-order valence-electron chi connectivity index (χ3n) is 5.67. The quantitative estimate of drug-likeness (QED) is 0.839. The van der Waals surface area contributed by atoms with Gasteiger partial charge in [-0.25, -0.2) is 0 Å². The van der Waals surface area contributed by atoms with E-state index in [2.05, 4.69) is 12.2 Å². The Hall–Kier alpha value is -0.120. The molecule has 0 radical (unpaired) electrons. The number of hydrogen-bond acceptors (Lipinski definition) is 3. The van der Waals surface area contributed by atoms with Crippen molar-refractivity contribution in [2.45, 2.75) is 76.4 Å². The van der Waals surface area contributed by atoms with Gasteiger partial charge in [-0.05, 0) is 51.5 Å². The van der Waals surface area contributed by atoms with Gasteiger partial charge >= 0.3 is 0 Å². The van der Waals surface area contributed by atoms with Crippen molar-refractivity contribution >= 4 is 0 Å². The lowest BCUT2D eigenvalue weighted by molar-refractivity contribution is -0.0790. The number of nitrogens with one attached hydrogen (secondary N) is 1. The van der Waals surface area contributed by atoms with Gasteiger partial charge in [0.15, 0.2) is 0 Å². The molecule has 2 heterocycles. The van der Waals surface area contributed by atoms with E-state index in [9.17, 15) is 0 Å². The average Bonchev–Trinajstić information content (AvgIpc) is 3.08. The third-order valence-corrected chi connectivity index (χ3v) is 5.67. The molecule has 1 aliphatic carbocycles. The summed E-state index contributed by atoms with van der Waals surface area (Å²) in [5.41, 5.74) is 0.600. The summed E-state index contributed by atoms with van der Waals surface area (Å²) < 4.78 is 12.3. The molecule has 1 spiro atoms. The fourth-order valence-corrected chi connectivity index (χ4v) is 4.58. The summed E-state index contributed by atoms with van der Waals surface area (Å²) in [6, 6.07) is 0. The molecule has 3 rings (SSSR count). The lowest BCUT2D eigenvalue weighted by Crippen LogP contribution is -2.43. The van der Waals surface area contributed by atoms with Crippen LogP contribution in [0, 0.1) is 5.41 Å². The van der Waals surface area contributed by atoms with E-state index in [0.29, 0.717) is 11.5 Å². The summed E-state index contributed by atoms with van der Waals surface area (Å²) >= 11 is 0. The standard InChI is InChI=1S/C17H31NO2/c1-2-18-13-16(7-5-11-19-14-16)12-15-6-10-17(20-15)8-3-4-9-17/h15,18H,2-14H2,1H3. The minimum absolute atomic E-state index is 0.277. The minimum atomic E-state index is 0.277. The van der Waals surface area contributed by atoms with Gasteiger partial charge in [0.25, 0.3) is 0 Å². The van der Waals surface area contributed by atoms with Gasteiger partial charge in [-0.15, -0.1) is 0 Å². The Kier molecular flexibility index (Phi) is 4.68. The summed E-state index contributed by atoms with van der Waals surface area (Å²) in [6.45, 7) is 6.21. The highest BCUT2D eigenvalue weighted by atomic mass is 16.5. The molecule has 2 atom stereocenters. The zero-order chi connectivity index (χ0) is 13.9. The number of rotatable bonds is 5. The van der Waals surface area contributed by atoms with E-state index in [1.165, 1.54) is 57.8 Å². The monoisotopic (exact) mass is 281 g/mol. The molecule has 1 N–H and O–H groups in total. The van der Waals surface area contributed by atoms with Crippen LogP contribution in [0.2, 0.25) is 0 Å². The van der Waals surface area contributed by atoms with Gasteiger partial charge in [-0.1, -0.05) is 19.8 Å². The summed E-state index contributed by atoms with van der Waals surface area (Å²) in [7, 11) is 0. The van der Waals surface area contributed by atoms with E-state index in [4.69, 9.17) is 9.47 Å². The van der Waals surface area contributed by atoms with E-state index in [1.807, 2.05) is 0 Å². The molecular formula is C17H31NO2. The van der Waals surface area contributed by atoms with Crippen LogP contribution in [0.25, 0.3) is 0 Å².